The molecule has 2 aromatic rings. The van der Waals surface area contributed by atoms with E-state index in [1.165, 1.54) is 0 Å². The maximum atomic E-state index is 11.4. The van der Waals surface area contributed by atoms with Crippen molar-refractivity contribution in [1.82, 2.24) is 0 Å². The van der Waals surface area contributed by atoms with Gasteiger partial charge in [0.15, 0.2) is 6.29 Å². The summed E-state index contributed by atoms with van der Waals surface area (Å²) in [6.45, 7) is 5.91. The van der Waals surface area contributed by atoms with Gasteiger partial charge in [-0.3, -0.25) is 4.79 Å². The van der Waals surface area contributed by atoms with Crippen molar-refractivity contribution >= 4 is 6.29 Å². The molecule has 98 valence electrons. The van der Waals surface area contributed by atoms with Crippen LogP contribution in [0.15, 0.2) is 48.5 Å². The van der Waals surface area contributed by atoms with E-state index in [4.69, 9.17) is 4.74 Å². The zero-order valence-corrected chi connectivity index (χ0v) is 11.5. The minimum atomic E-state index is -0.326. The van der Waals surface area contributed by atoms with E-state index in [0.29, 0.717) is 11.3 Å². The number of hydrogen-bond donors (Lipinski definition) is 0. The highest BCUT2D eigenvalue weighted by Crippen LogP contribution is 2.31. The van der Waals surface area contributed by atoms with Gasteiger partial charge in [0.1, 0.15) is 11.4 Å². The molecule has 2 rings (SSSR count). The van der Waals surface area contributed by atoms with E-state index in [9.17, 15) is 4.79 Å². The molecule has 2 heteroatoms. The SMILES string of the molecule is CC(C)(C)Oc1cccc(-c2ccccc2)c1C=O. The molecule has 0 N–H and O–H groups in total. The maximum Gasteiger partial charge on any atom is 0.154 e. The molecule has 0 fully saturated rings. The van der Waals surface area contributed by atoms with E-state index in [-0.39, 0.29) is 5.60 Å². The first-order chi connectivity index (χ1) is 9.01. The van der Waals surface area contributed by atoms with Gasteiger partial charge in [-0.1, -0.05) is 42.5 Å². The van der Waals surface area contributed by atoms with Crippen molar-refractivity contribution in [2.24, 2.45) is 0 Å². The Morgan fingerprint density at radius 3 is 2.21 bits per heavy atom. The van der Waals surface area contributed by atoms with E-state index in [1.807, 2.05) is 69.3 Å². The second-order valence-corrected chi connectivity index (χ2v) is 5.42. The molecule has 0 heterocycles. The highest BCUT2D eigenvalue weighted by atomic mass is 16.5. The van der Waals surface area contributed by atoms with Crippen LogP contribution in [0.25, 0.3) is 11.1 Å². The average molecular weight is 254 g/mol. The Morgan fingerprint density at radius 1 is 0.947 bits per heavy atom. The van der Waals surface area contributed by atoms with Gasteiger partial charge in [-0.25, -0.2) is 0 Å². The van der Waals surface area contributed by atoms with E-state index >= 15 is 0 Å². The van der Waals surface area contributed by atoms with Crippen molar-refractivity contribution < 1.29 is 9.53 Å². The standard InChI is InChI=1S/C17H18O2/c1-17(2,3)19-16-11-7-10-14(15(16)12-18)13-8-5-4-6-9-13/h4-12H,1-3H3. The van der Waals surface area contributed by atoms with E-state index in [1.54, 1.807) is 0 Å². The largest absolute Gasteiger partial charge is 0.487 e. The molecule has 0 bridgehead atoms. The topological polar surface area (TPSA) is 26.3 Å². The molecule has 0 aliphatic carbocycles. The van der Waals surface area contributed by atoms with Gasteiger partial charge >= 0.3 is 0 Å². The number of hydrogen-bond acceptors (Lipinski definition) is 2. The summed E-state index contributed by atoms with van der Waals surface area (Å²) in [6.07, 6.45) is 0.864. The highest BCUT2D eigenvalue weighted by molar-refractivity contribution is 5.91. The monoisotopic (exact) mass is 254 g/mol. The number of rotatable bonds is 3. The van der Waals surface area contributed by atoms with Gasteiger partial charge in [-0.2, -0.15) is 0 Å². The van der Waals surface area contributed by atoms with Gasteiger partial charge < -0.3 is 4.74 Å². The number of aldehydes is 1. The molecule has 2 nitrogen and oxygen atoms in total. The normalized spacial score (nSPS) is 11.1. The molecule has 2 aromatic carbocycles. The van der Waals surface area contributed by atoms with Crippen LogP contribution in [0.2, 0.25) is 0 Å². The number of ether oxygens (including phenoxy) is 1. The van der Waals surface area contributed by atoms with Crippen molar-refractivity contribution in [3.63, 3.8) is 0 Å². The second-order valence-electron chi connectivity index (χ2n) is 5.42. The lowest BCUT2D eigenvalue weighted by Gasteiger charge is -2.23. The molecular weight excluding hydrogens is 236 g/mol. The molecule has 0 aliphatic rings. The number of carbonyl (C=O) groups excluding carboxylic acids is 1. The van der Waals surface area contributed by atoms with Gasteiger partial charge in [0.05, 0.1) is 5.56 Å². The van der Waals surface area contributed by atoms with E-state index in [2.05, 4.69) is 0 Å². The lowest BCUT2D eigenvalue weighted by atomic mass is 9.99. The molecule has 0 atom stereocenters. The summed E-state index contributed by atoms with van der Waals surface area (Å²) in [7, 11) is 0. The van der Waals surface area contributed by atoms with E-state index < -0.39 is 0 Å². The van der Waals surface area contributed by atoms with Crippen molar-refractivity contribution in [3.8, 4) is 16.9 Å². The molecule has 0 aliphatic heterocycles. The minimum absolute atomic E-state index is 0.326. The van der Waals surface area contributed by atoms with E-state index in [0.717, 1.165) is 17.4 Å². The third-order valence-electron chi connectivity index (χ3n) is 2.68. The summed E-state index contributed by atoms with van der Waals surface area (Å²) >= 11 is 0. The van der Waals surface area contributed by atoms with Crippen LogP contribution in [-0.4, -0.2) is 11.9 Å². The Balaban J connectivity index is 2.52. The van der Waals surface area contributed by atoms with Crippen LogP contribution in [0.4, 0.5) is 0 Å². The molecule has 0 saturated heterocycles. The molecule has 0 amide bonds. The third-order valence-corrected chi connectivity index (χ3v) is 2.68. The van der Waals surface area contributed by atoms with Gasteiger partial charge in [-0.15, -0.1) is 0 Å². The molecule has 0 spiro atoms. The summed E-state index contributed by atoms with van der Waals surface area (Å²) in [5.74, 6) is 0.629. The quantitative estimate of drug-likeness (QED) is 0.761. The number of carbonyl (C=O) groups is 1. The fourth-order valence-corrected chi connectivity index (χ4v) is 1.95. The predicted molar refractivity (Wildman–Crippen MR) is 77.6 cm³/mol. The molecule has 19 heavy (non-hydrogen) atoms. The van der Waals surface area contributed by atoms with Gasteiger partial charge in [-0.05, 0) is 38.0 Å². The summed E-state index contributed by atoms with van der Waals surface area (Å²) < 4.78 is 5.85. The summed E-state index contributed by atoms with van der Waals surface area (Å²) in [5.41, 5.74) is 2.19. The minimum Gasteiger partial charge on any atom is -0.487 e. The van der Waals surface area contributed by atoms with Crippen molar-refractivity contribution in [3.05, 3.63) is 54.1 Å². The Kier molecular flexibility index (Phi) is 3.70. The Bertz CT molecular complexity index is 566. The van der Waals surface area contributed by atoms with Gasteiger partial charge in [0.25, 0.3) is 0 Å². The molecule has 0 radical (unpaired) electrons. The second kappa shape index (κ2) is 5.27. The molecule has 0 saturated carbocycles. The molecular formula is C17H18O2. The zero-order valence-electron chi connectivity index (χ0n) is 11.5. The summed E-state index contributed by atoms with van der Waals surface area (Å²) in [4.78, 5) is 11.4. The van der Waals surface area contributed by atoms with Crippen LogP contribution in [0, 0.1) is 0 Å². The first-order valence-electron chi connectivity index (χ1n) is 6.34. The molecule has 0 aromatic heterocycles. The lowest BCUT2D eigenvalue weighted by molar-refractivity contribution is 0.109. The predicted octanol–water partition coefficient (Wildman–Crippen LogP) is 4.34. The van der Waals surface area contributed by atoms with Gasteiger partial charge in [0.2, 0.25) is 0 Å². The third kappa shape index (κ3) is 3.22. The van der Waals surface area contributed by atoms with Crippen LogP contribution >= 0.6 is 0 Å². The Labute approximate surface area is 114 Å². The highest BCUT2D eigenvalue weighted by Gasteiger charge is 2.16. The fraction of sp³-hybridized carbons (Fsp3) is 0.235. The average Bonchev–Trinajstić information content (AvgIpc) is 2.37. The van der Waals surface area contributed by atoms with Crippen LogP contribution in [0.1, 0.15) is 31.1 Å². The lowest BCUT2D eigenvalue weighted by Crippen LogP contribution is -2.23. The first kappa shape index (κ1) is 13.3. The van der Waals surface area contributed by atoms with Crippen LogP contribution in [0.3, 0.4) is 0 Å². The Morgan fingerprint density at radius 2 is 1.63 bits per heavy atom. The van der Waals surface area contributed by atoms with Crippen LogP contribution in [-0.2, 0) is 0 Å². The van der Waals surface area contributed by atoms with Crippen molar-refractivity contribution in [1.29, 1.82) is 0 Å². The summed E-state index contributed by atoms with van der Waals surface area (Å²) in [6, 6.07) is 15.5. The van der Waals surface area contributed by atoms with Crippen LogP contribution < -0.4 is 4.74 Å². The number of benzene rings is 2. The summed E-state index contributed by atoms with van der Waals surface area (Å²) in [5, 5.41) is 0. The smallest absolute Gasteiger partial charge is 0.154 e. The first-order valence-corrected chi connectivity index (χ1v) is 6.34. The maximum absolute atomic E-state index is 11.4. The Hall–Kier alpha value is -2.09. The van der Waals surface area contributed by atoms with Crippen LogP contribution in [0.5, 0.6) is 5.75 Å². The zero-order chi connectivity index (χ0) is 13.9. The van der Waals surface area contributed by atoms with Crippen molar-refractivity contribution in [2.75, 3.05) is 0 Å². The molecule has 0 unspecified atom stereocenters. The van der Waals surface area contributed by atoms with Gasteiger partial charge in [0, 0.05) is 0 Å². The fourth-order valence-electron chi connectivity index (χ4n) is 1.95. The van der Waals surface area contributed by atoms with Crippen molar-refractivity contribution in [2.45, 2.75) is 26.4 Å².